The van der Waals surface area contributed by atoms with Crippen LogP contribution < -0.4 is 0 Å². The van der Waals surface area contributed by atoms with Gasteiger partial charge in [-0.1, -0.05) is 0 Å². The Bertz CT molecular complexity index is 259. The first-order valence-electron chi connectivity index (χ1n) is 4.03. The fraction of sp³-hybridized carbons (Fsp3) is 0.750. The number of hydrogen-bond donors (Lipinski definition) is 0. The molecule has 0 unspecified atom stereocenters. The minimum Gasteiger partial charge on any atom is -0.334 e. The molecule has 0 spiro atoms. The maximum atomic E-state index is 11.3. The number of aldehydes is 1. The van der Waals surface area contributed by atoms with Gasteiger partial charge < -0.3 is 14.2 Å². The van der Waals surface area contributed by atoms with E-state index in [0.717, 1.165) is 0 Å². The van der Waals surface area contributed by atoms with Gasteiger partial charge in [0.05, 0.1) is 0 Å². The zero-order chi connectivity index (χ0) is 9.64. The predicted molar refractivity (Wildman–Crippen MR) is 39.8 cm³/mol. The van der Waals surface area contributed by atoms with E-state index in [1.54, 1.807) is 13.8 Å². The van der Waals surface area contributed by atoms with Crippen molar-refractivity contribution in [1.82, 2.24) is 0 Å². The first-order chi connectivity index (χ1) is 6.03. The Kier molecular flexibility index (Phi) is 1.76. The molecule has 2 saturated heterocycles. The molecule has 13 heavy (non-hydrogen) atoms. The average molecular weight is 186 g/mol. The molecule has 2 aliphatic heterocycles. The van der Waals surface area contributed by atoms with Crippen molar-refractivity contribution in [2.24, 2.45) is 0 Å². The summed E-state index contributed by atoms with van der Waals surface area (Å²) >= 11 is 0. The third-order valence-electron chi connectivity index (χ3n) is 2.02. The van der Waals surface area contributed by atoms with E-state index in [9.17, 15) is 9.59 Å². The lowest BCUT2D eigenvalue weighted by molar-refractivity contribution is -0.202. The zero-order valence-electron chi connectivity index (χ0n) is 7.35. The summed E-state index contributed by atoms with van der Waals surface area (Å²) in [6, 6.07) is 0. The largest absolute Gasteiger partial charge is 0.334 e. The average Bonchev–Trinajstić information content (AvgIpc) is 2.47. The second kappa shape index (κ2) is 2.60. The maximum Gasteiger partial charge on any atom is 0.202 e. The van der Waals surface area contributed by atoms with Gasteiger partial charge in [0.1, 0.15) is 0 Å². The number of ether oxygens (including phenoxy) is 3. The van der Waals surface area contributed by atoms with E-state index in [0.29, 0.717) is 6.29 Å². The van der Waals surface area contributed by atoms with Crippen LogP contribution in [0, 0.1) is 0 Å². The third kappa shape index (κ3) is 1.29. The van der Waals surface area contributed by atoms with Gasteiger partial charge >= 0.3 is 0 Å². The highest BCUT2D eigenvalue weighted by Gasteiger charge is 2.54. The molecule has 3 atom stereocenters. The molecule has 0 saturated carbocycles. The highest BCUT2D eigenvalue weighted by molar-refractivity contribution is 6.01. The molecule has 2 aliphatic rings. The van der Waals surface area contributed by atoms with Crippen molar-refractivity contribution in [2.75, 3.05) is 0 Å². The van der Waals surface area contributed by atoms with Crippen LogP contribution >= 0.6 is 0 Å². The summed E-state index contributed by atoms with van der Waals surface area (Å²) in [5.41, 5.74) is 0. The topological polar surface area (TPSA) is 61.8 Å². The second-order valence-corrected chi connectivity index (χ2v) is 3.52. The summed E-state index contributed by atoms with van der Waals surface area (Å²) in [6.07, 6.45) is -2.03. The van der Waals surface area contributed by atoms with Crippen molar-refractivity contribution < 1.29 is 23.8 Å². The van der Waals surface area contributed by atoms with E-state index in [1.165, 1.54) is 0 Å². The van der Waals surface area contributed by atoms with Crippen molar-refractivity contribution in [2.45, 2.75) is 38.1 Å². The Labute approximate surface area is 74.9 Å². The van der Waals surface area contributed by atoms with Gasteiger partial charge in [-0.15, -0.1) is 0 Å². The molecule has 0 aromatic carbocycles. The normalized spacial score (nSPS) is 42.0. The molecule has 5 nitrogen and oxygen atoms in total. The van der Waals surface area contributed by atoms with Crippen molar-refractivity contribution in [3.05, 3.63) is 0 Å². The highest BCUT2D eigenvalue weighted by atomic mass is 16.8. The lowest BCUT2D eigenvalue weighted by Gasteiger charge is -2.18. The quantitative estimate of drug-likeness (QED) is 0.413. The van der Waals surface area contributed by atoms with Crippen LogP contribution in [-0.2, 0) is 23.8 Å². The fourth-order valence-electron chi connectivity index (χ4n) is 1.49. The minimum absolute atomic E-state index is 0.356. The van der Waals surface area contributed by atoms with E-state index >= 15 is 0 Å². The number of carbonyl (C=O) groups is 2. The summed E-state index contributed by atoms with van der Waals surface area (Å²) in [4.78, 5) is 21.7. The Hall–Kier alpha value is -0.780. The highest BCUT2D eigenvalue weighted by Crippen LogP contribution is 2.34. The van der Waals surface area contributed by atoms with Gasteiger partial charge in [-0.3, -0.25) is 9.59 Å². The molecular formula is C8H10O5. The van der Waals surface area contributed by atoms with Crippen LogP contribution in [0.15, 0.2) is 0 Å². The summed E-state index contributed by atoms with van der Waals surface area (Å²) in [7, 11) is 0. The number of carbonyl (C=O) groups excluding carboxylic acids is 2. The lowest BCUT2D eigenvalue weighted by Crippen LogP contribution is -2.30. The summed E-state index contributed by atoms with van der Waals surface area (Å²) in [5, 5.41) is 0. The standard InChI is InChI=1S/C8H10O5/c1-8(2)12-6-5(10)4(3-9)11-7(6)13-8/h3-4,6-7H,1-2H3/t4-,6-,7-/m1/s1. The third-order valence-corrected chi connectivity index (χ3v) is 2.02. The van der Waals surface area contributed by atoms with Crippen molar-refractivity contribution in [3.63, 3.8) is 0 Å². The SMILES string of the molecule is CC1(C)O[C@H]2O[C@H](C=O)C(=O)[C@H]2O1. The maximum absolute atomic E-state index is 11.3. The first kappa shape index (κ1) is 8.80. The van der Waals surface area contributed by atoms with Crippen molar-refractivity contribution in [3.8, 4) is 0 Å². The van der Waals surface area contributed by atoms with Gasteiger partial charge in [-0.25, -0.2) is 0 Å². The number of ketones is 1. The second-order valence-electron chi connectivity index (χ2n) is 3.52. The van der Waals surface area contributed by atoms with Gasteiger partial charge in [0, 0.05) is 0 Å². The van der Waals surface area contributed by atoms with Gasteiger partial charge in [-0.2, -0.15) is 0 Å². The van der Waals surface area contributed by atoms with E-state index in [4.69, 9.17) is 14.2 Å². The number of rotatable bonds is 1. The molecule has 2 rings (SSSR count). The van der Waals surface area contributed by atoms with Crippen molar-refractivity contribution in [1.29, 1.82) is 0 Å². The zero-order valence-corrected chi connectivity index (χ0v) is 7.35. The van der Waals surface area contributed by atoms with Crippen molar-refractivity contribution >= 4 is 12.1 Å². The van der Waals surface area contributed by atoms with Crippen LogP contribution in [0.2, 0.25) is 0 Å². The van der Waals surface area contributed by atoms with Crippen LogP contribution in [0.3, 0.4) is 0 Å². The molecule has 72 valence electrons. The van der Waals surface area contributed by atoms with E-state index < -0.39 is 24.3 Å². The monoisotopic (exact) mass is 186 g/mol. The number of fused-ring (bicyclic) bond motifs is 1. The fourth-order valence-corrected chi connectivity index (χ4v) is 1.49. The predicted octanol–water partition coefficient (Wildman–Crippen LogP) is -0.369. The van der Waals surface area contributed by atoms with E-state index in [-0.39, 0.29) is 5.78 Å². The van der Waals surface area contributed by atoms with Crippen LogP contribution in [0.4, 0.5) is 0 Å². The van der Waals surface area contributed by atoms with Crippen LogP contribution in [0.1, 0.15) is 13.8 Å². The molecular weight excluding hydrogens is 176 g/mol. The summed E-state index contributed by atoms with van der Waals surface area (Å²) in [6.45, 7) is 3.38. The lowest BCUT2D eigenvalue weighted by atomic mass is 10.2. The Morgan fingerprint density at radius 2 is 2.08 bits per heavy atom. The molecule has 5 heteroatoms. The molecule has 2 heterocycles. The molecule has 0 amide bonds. The number of Topliss-reactive ketones (excluding diaryl/α,β-unsaturated/α-hetero) is 1. The molecule has 0 N–H and O–H groups in total. The minimum atomic E-state index is -1.02. The van der Waals surface area contributed by atoms with Crippen LogP contribution in [0.25, 0.3) is 0 Å². The summed E-state index contributed by atoms with van der Waals surface area (Å²) < 4.78 is 15.5. The molecule has 0 bridgehead atoms. The van der Waals surface area contributed by atoms with Gasteiger partial charge in [0.15, 0.2) is 30.6 Å². The first-order valence-corrected chi connectivity index (χ1v) is 4.03. The number of hydrogen-bond acceptors (Lipinski definition) is 5. The van der Waals surface area contributed by atoms with Gasteiger partial charge in [-0.05, 0) is 13.8 Å². The van der Waals surface area contributed by atoms with Gasteiger partial charge in [0.25, 0.3) is 0 Å². The Morgan fingerprint density at radius 3 is 2.62 bits per heavy atom. The summed E-state index contributed by atoms with van der Waals surface area (Å²) in [5.74, 6) is -1.16. The molecule has 0 aromatic heterocycles. The van der Waals surface area contributed by atoms with Crippen LogP contribution in [0.5, 0.6) is 0 Å². The Morgan fingerprint density at radius 1 is 1.38 bits per heavy atom. The Balaban J connectivity index is 2.16. The smallest absolute Gasteiger partial charge is 0.202 e. The molecule has 0 aromatic rings. The van der Waals surface area contributed by atoms with E-state index in [2.05, 4.69) is 0 Å². The molecule has 2 fully saturated rings. The van der Waals surface area contributed by atoms with Crippen LogP contribution in [-0.4, -0.2) is 36.4 Å². The van der Waals surface area contributed by atoms with E-state index in [1.807, 2.05) is 0 Å². The molecule has 0 radical (unpaired) electrons. The van der Waals surface area contributed by atoms with Gasteiger partial charge in [0.2, 0.25) is 5.78 Å². The molecule has 0 aliphatic carbocycles.